The quantitative estimate of drug-likeness (QED) is 0.461. The van der Waals surface area contributed by atoms with Gasteiger partial charge in [-0.25, -0.2) is 22.0 Å². The molecule has 0 saturated carbocycles. The Balaban J connectivity index is 1.84. The monoisotopic (exact) mass is 492 g/mol. The summed E-state index contributed by atoms with van der Waals surface area (Å²) in [6, 6.07) is 8.32. The molecule has 1 aromatic heterocycles. The molecule has 1 aliphatic rings. The molecule has 34 heavy (non-hydrogen) atoms. The number of hydrogen-bond acceptors (Lipinski definition) is 5. The molecule has 0 bridgehead atoms. The smallest absolute Gasteiger partial charge is 0.334 e. The molecule has 2 aromatic carbocycles. The van der Waals surface area contributed by atoms with Crippen LogP contribution in [0.3, 0.4) is 0 Å². The van der Waals surface area contributed by atoms with Gasteiger partial charge in [0, 0.05) is 36.4 Å². The average Bonchev–Trinajstić information content (AvgIpc) is 2.98. The Hall–Kier alpha value is -3.01. The molecule has 10 heteroatoms. The lowest BCUT2D eigenvalue weighted by Crippen LogP contribution is -2.47. The Labute approximate surface area is 195 Å². The van der Waals surface area contributed by atoms with Gasteiger partial charge in [0.05, 0.1) is 22.7 Å². The van der Waals surface area contributed by atoms with Crippen LogP contribution in [0.1, 0.15) is 50.5 Å². The maximum Gasteiger partial charge on any atom is 0.334 e. The number of benzene rings is 2. The second kappa shape index (κ2) is 8.33. The third-order valence-corrected chi connectivity index (χ3v) is 8.13. The van der Waals surface area contributed by atoms with E-state index in [4.69, 9.17) is 4.74 Å². The highest BCUT2D eigenvalue weighted by atomic mass is 32.2. The van der Waals surface area contributed by atoms with Crippen LogP contribution >= 0.6 is 0 Å². The van der Waals surface area contributed by atoms with Gasteiger partial charge in [-0.1, -0.05) is 13.0 Å². The predicted octanol–water partition coefficient (Wildman–Crippen LogP) is 4.21. The van der Waals surface area contributed by atoms with Crippen molar-refractivity contribution >= 4 is 26.7 Å². The van der Waals surface area contributed by atoms with Crippen LogP contribution < -0.4 is 10.4 Å². The number of ketones is 1. The van der Waals surface area contributed by atoms with Crippen molar-refractivity contribution in [1.82, 2.24) is 9.13 Å². The number of sulfone groups is 1. The standard InChI is InChI=1S/C24H26F2N2O5S/c1-14(2)27-20-9-16(21(29)11-24(4)12-34(31,32)13-24)8-19(26)22(20)28(23(27)30)17-6-5-7-18(10-17)33-15(3)25/h5-10,14-15H,11-13H2,1-4H3. The van der Waals surface area contributed by atoms with Crippen LogP contribution in [0.5, 0.6) is 5.75 Å². The van der Waals surface area contributed by atoms with Crippen LogP contribution in [-0.2, 0) is 9.84 Å². The van der Waals surface area contributed by atoms with Gasteiger partial charge >= 0.3 is 5.69 Å². The van der Waals surface area contributed by atoms with Gasteiger partial charge in [-0.3, -0.25) is 13.9 Å². The minimum atomic E-state index is -3.13. The molecule has 1 atom stereocenters. The van der Waals surface area contributed by atoms with Crippen LogP contribution in [-0.4, -0.2) is 41.2 Å². The van der Waals surface area contributed by atoms with Crippen LogP contribution in [0.25, 0.3) is 16.7 Å². The normalized spacial score (nSPS) is 17.5. The van der Waals surface area contributed by atoms with Crippen molar-refractivity contribution in [3.63, 3.8) is 0 Å². The number of Topliss-reactive ketones (excluding diaryl/α,β-unsaturated/α-hetero) is 1. The molecule has 0 N–H and O–H groups in total. The lowest BCUT2D eigenvalue weighted by molar-refractivity contribution is 0.0860. The highest BCUT2D eigenvalue weighted by molar-refractivity contribution is 7.92. The molecule has 0 aliphatic carbocycles. The predicted molar refractivity (Wildman–Crippen MR) is 125 cm³/mol. The molecule has 0 radical (unpaired) electrons. The third kappa shape index (κ3) is 4.38. The summed E-state index contributed by atoms with van der Waals surface area (Å²) in [5, 5.41) is 0. The van der Waals surface area contributed by atoms with E-state index in [1.54, 1.807) is 32.9 Å². The second-order valence-electron chi connectivity index (χ2n) is 9.51. The summed E-state index contributed by atoms with van der Waals surface area (Å²) in [6.07, 6.45) is -1.60. The zero-order chi connectivity index (χ0) is 25.0. The van der Waals surface area contributed by atoms with Crippen molar-refractivity contribution < 1.29 is 26.7 Å². The van der Waals surface area contributed by atoms with Crippen LogP contribution in [0.4, 0.5) is 8.78 Å². The summed E-state index contributed by atoms with van der Waals surface area (Å²) >= 11 is 0. The highest BCUT2D eigenvalue weighted by Gasteiger charge is 2.45. The van der Waals surface area contributed by atoms with E-state index in [1.165, 1.54) is 34.3 Å². The number of imidazole rings is 1. The van der Waals surface area contributed by atoms with E-state index in [0.29, 0.717) is 0 Å². The molecule has 1 saturated heterocycles. The number of ether oxygens (including phenoxy) is 1. The molecule has 1 fully saturated rings. The fourth-order valence-electron chi connectivity index (χ4n) is 4.69. The van der Waals surface area contributed by atoms with Crippen LogP contribution in [0.15, 0.2) is 41.2 Å². The molecule has 0 amide bonds. The zero-order valence-electron chi connectivity index (χ0n) is 19.3. The number of halogens is 2. The Bertz CT molecular complexity index is 1440. The van der Waals surface area contributed by atoms with Gasteiger partial charge in [-0.15, -0.1) is 0 Å². The molecule has 7 nitrogen and oxygen atoms in total. The summed E-state index contributed by atoms with van der Waals surface area (Å²) < 4.78 is 59.6. The highest BCUT2D eigenvalue weighted by Crippen LogP contribution is 2.37. The van der Waals surface area contributed by atoms with Crippen molar-refractivity contribution in [3.05, 3.63) is 58.3 Å². The van der Waals surface area contributed by atoms with Crippen molar-refractivity contribution in [2.75, 3.05) is 11.5 Å². The van der Waals surface area contributed by atoms with Crippen LogP contribution in [0, 0.1) is 11.2 Å². The van der Waals surface area contributed by atoms with E-state index < -0.39 is 33.1 Å². The topological polar surface area (TPSA) is 87.4 Å². The number of aromatic nitrogens is 2. The van der Waals surface area contributed by atoms with E-state index in [-0.39, 0.29) is 57.8 Å². The van der Waals surface area contributed by atoms with Gasteiger partial charge in [0.1, 0.15) is 17.1 Å². The molecular formula is C24H26F2N2O5S. The van der Waals surface area contributed by atoms with Gasteiger partial charge in [-0.2, -0.15) is 0 Å². The molecule has 2 heterocycles. The number of carbonyl (C=O) groups excluding carboxylic acids is 1. The van der Waals surface area contributed by atoms with E-state index in [9.17, 15) is 22.4 Å². The number of alkyl halides is 1. The third-order valence-electron chi connectivity index (χ3n) is 5.86. The summed E-state index contributed by atoms with van der Waals surface area (Å²) in [4.78, 5) is 26.3. The van der Waals surface area contributed by atoms with Gasteiger partial charge in [0.2, 0.25) is 6.36 Å². The van der Waals surface area contributed by atoms with E-state index >= 15 is 4.39 Å². The number of rotatable bonds is 7. The summed E-state index contributed by atoms with van der Waals surface area (Å²) in [6.45, 7) is 6.47. The summed E-state index contributed by atoms with van der Waals surface area (Å²) in [5.74, 6) is -1.14. The van der Waals surface area contributed by atoms with E-state index in [2.05, 4.69) is 0 Å². The maximum atomic E-state index is 15.5. The molecule has 0 spiro atoms. The first kappa shape index (κ1) is 24.1. The minimum Gasteiger partial charge on any atom is -0.461 e. The summed E-state index contributed by atoms with van der Waals surface area (Å²) in [5.41, 5.74) is -0.615. The lowest BCUT2D eigenvalue weighted by Gasteiger charge is -2.37. The largest absolute Gasteiger partial charge is 0.461 e. The Morgan fingerprint density at radius 1 is 1.18 bits per heavy atom. The SMILES string of the molecule is CC(F)Oc1cccc(-n2c(=O)n(C(C)C)c3cc(C(=O)CC4(C)CS(=O)(=O)C4)cc(F)c32)c1. The number of carbonyl (C=O) groups is 1. The minimum absolute atomic E-state index is 0.0156. The first-order valence-electron chi connectivity index (χ1n) is 10.9. The van der Waals surface area contributed by atoms with Crippen molar-refractivity contribution in [2.24, 2.45) is 5.41 Å². The first-order chi connectivity index (χ1) is 15.8. The second-order valence-corrected chi connectivity index (χ2v) is 11.6. The van der Waals surface area contributed by atoms with E-state index in [1.807, 2.05) is 0 Å². The van der Waals surface area contributed by atoms with E-state index in [0.717, 1.165) is 6.07 Å². The lowest BCUT2D eigenvalue weighted by atomic mass is 9.86. The molecule has 1 unspecified atom stereocenters. The fraction of sp³-hybridized carbons (Fsp3) is 0.417. The fourth-order valence-corrected chi connectivity index (χ4v) is 6.93. The van der Waals surface area contributed by atoms with Crippen molar-refractivity contribution in [1.29, 1.82) is 0 Å². The maximum absolute atomic E-state index is 15.5. The zero-order valence-corrected chi connectivity index (χ0v) is 20.2. The average molecular weight is 493 g/mol. The Kier molecular flexibility index (Phi) is 5.91. The van der Waals surface area contributed by atoms with Crippen LogP contribution in [0.2, 0.25) is 0 Å². The van der Waals surface area contributed by atoms with Crippen molar-refractivity contribution in [3.8, 4) is 11.4 Å². The first-order valence-corrected chi connectivity index (χ1v) is 12.7. The number of fused-ring (bicyclic) bond motifs is 1. The number of nitrogens with zero attached hydrogens (tertiary/aromatic N) is 2. The Morgan fingerprint density at radius 2 is 1.85 bits per heavy atom. The molecule has 4 rings (SSSR count). The molecule has 3 aromatic rings. The van der Waals surface area contributed by atoms with Gasteiger partial charge in [0.25, 0.3) is 0 Å². The van der Waals surface area contributed by atoms with Gasteiger partial charge < -0.3 is 4.74 Å². The number of hydrogen-bond donors (Lipinski definition) is 0. The Morgan fingerprint density at radius 3 is 2.44 bits per heavy atom. The van der Waals surface area contributed by atoms with Crippen molar-refractivity contribution in [2.45, 2.75) is 46.5 Å². The molecule has 182 valence electrons. The summed E-state index contributed by atoms with van der Waals surface area (Å²) in [7, 11) is -3.13. The molecule has 1 aliphatic heterocycles. The van der Waals surface area contributed by atoms with Gasteiger partial charge in [-0.05, 0) is 38.1 Å². The van der Waals surface area contributed by atoms with Gasteiger partial charge in [0.15, 0.2) is 15.6 Å². The molecular weight excluding hydrogens is 466 g/mol.